The molecule has 3 rings (SSSR count). The predicted molar refractivity (Wildman–Crippen MR) is 162 cm³/mol. The number of ether oxygens (including phenoxy) is 1. The molecule has 6 nitrogen and oxygen atoms in total. The molecule has 0 bridgehead atoms. The highest BCUT2D eigenvalue weighted by atomic mass is 16.5. The van der Waals surface area contributed by atoms with Gasteiger partial charge in [-0.3, -0.25) is 9.88 Å². The first-order chi connectivity index (χ1) is 18.3. The van der Waals surface area contributed by atoms with Gasteiger partial charge in [0, 0.05) is 25.0 Å². The lowest BCUT2D eigenvalue weighted by Gasteiger charge is -2.32. The fourth-order valence-corrected chi connectivity index (χ4v) is 4.54. The lowest BCUT2D eigenvalue weighted by atomic mass is 9.91. The van der Waals surface area contributed by atoms with Gasteiger partial charge in [-0.25, -0.2) is 4.98 Å². The van der Waals surface area contributed by atoms with Crippen molar-refractivity contribution in [3.05, 3.63) is 72.1 Å². The highest BCUT2D eigenvalue weighted by Gasteiger charge is 2.26. The van der Waals surface area contributed by atoms with E-state index in [4.69, 9.17) is 14.7 Å². The van der Waals surface area contributed by atoms with Gasteiger partial charge in [-0.2, -0.15) is 0 Å². The molecule has 0 aliphatic heterocycles. The van der Waals surface area contributed by atoms with E-state index in [9.17, 15) is 0 Å². The van der Waals surface area contributed by atoms with E-state index < -0.39 is 0 Å². The Labute approximate surface area is 233 Å². The Morgan fingerprint density at radius 3 is 2.42 bits per heavy atom. The number of nitrogens with zero attached hydrogens (tertiary/aromatic N) is 5. The number of aromatic nitrogens is 3. The van der Waals surface area contributed by atoms with Crippen LogP contribution in [0.3, 0.4) is 0 Å². The highest BCUT2D eigenvalue weighted by molar-refractivity contribution is 5.26. The predicted octanol–water partition coefficient (Wildman–Crippen LogP) is 7.28. The third kappa shape index (κ3) is 11.6. The molecule has 1 aliphatic carbocycles. The number of hydrogen-bond donors (Lipinski definition) is 0. The van der Waals surface area contributed by atoms with Gasteiger partial charge in [0.25, 0.3) is 0 Å². The van der Waals surface area contributed by atoms with Gasteiger partial charge >= 0.3 is 0 Å². The Balaban J connectivity index is 0.000000694. The summed E-state index contributed by atoms with van der Waals surface area (Å²) in [6.07, 6.45) is 13.9. The second kappa shape index (κ2) is 19.7. The van der Waals surface area contributed by atoms with Crippen molar-refractivity contribution in [2.75, 3.05) is 33.8 Å². The normalized spacial score (nSPS) is 14.3. The molecule has 0 fully saturated rings. The smallest absolute Gasteiger partial charge is 0.124 e. The van der Waals surface area contributed by atoms with Crippen molar-refractivity contribution < 1.29 is 4.74 Å². The molecule has 2 aromatic heterocycles. The van der Waals surface area contributed by atoms with Crippen LogP contribution in [0, 0.1) is 13.8 Å². The SMILES string of the molecule is C=CC=C.CCCCC.CCN(C)CCCOCn1c(C)nc(CN(C)[C@H]2CCCc3cccnc32)c1C. The van der Waals surface area contributed by atoms with E-state index in [0.717, 1.165) is 57.0 Å². The van der Waals surface area contributed by atoms with Crippen LogP contribution in [-0.4, -0.2) is 58.1 Å². The Kier molecular flexibility index (Phi) is 17.5. The number of pyridine rings is 1. The summed E-state index contributed by atoms with van der Waals surface area (Å²) in [5, 5.41) is 0. The van der Waals surface area contributed by atoms with Crippen LogP contribution in [-0.2, 0) is 24.4 Å². The molecule has 1 atom stereocenters. The van der Waals surface area contributed by atoms with Crippen LogP contribution in [0.2, 0.25) is 0 Å². The van der Waals surface area contributed by atoms with Gasteiger partial charge in [-0.15, -0.1) is 0 Å². The van der Waals surface area contributed by atoms with Gasteiger partial charge in [0.05, 0.1) is 24.0 Å². The Hall–Kier alpha value is -2.28. The van der Waals surface area contributed by atoms with Crippen molar-refractivity contribution in [2.45, 2.75) is 98.9 Å². The molecule has 0 N–H and O–H groups in total. The number of rotatable bonds is 13. The molecule has 0 saturated heterocycles. The van der Waals surface area contributed by atoms with Gasteiger partial charge in [0.1, 0.15) is 12.6 Å². The quantitative estimate of drug-likeness (QED) is 0.203. The first kappa shape index (κ1) is 33.7. The molecule has 2 aromatic rings. The van der Waals surface area contributed by atoms with E-state index in [2.05, 4.69) is 88.4 Å². The average molecular weight is 526 g/mol. The van der Waals surface area contributed by atoms with E-state index in [1.807, 2.05) is 6.20 Å². The van der Waals surface area contributed by atoms with E-state index in [0.29, 0.717) is 12.8 Å². The summed E-state index contributed by atoms with van der Waals surface area (Å²) < 4.78 is 8.12. The number of imidazole rings is 1. The van der Waals surface area contributed by atoms with Crippen molar-refractivity contribution in [1.82, 2.24) is 24.3 Å². The first-order valence-electron chi connectivity index (χ1n) is 14.5. The maximum atomic E-state index is 5.93. The number of aryl methyl sites for hydroxylation is 2. The van der Waals surface area contributed by atoms with E-state index in [1.165, 1.54) is 42.6 Å². The monoisotopic (exact) mass is 525 g/mol. The van der Waals surface area contributed by atoms with Crippen LogP contribution in [0.5, 0.6) is 0 Å². The second-order valence-electron chi connectivity index (χ2n) is 10.1. The summed E-state index contributed by atoms with van der Waals surface area (Å²) in [7, 11) is 4.34. The minimum Gasteiger partial charge on any atom is -0.361 e. The number of unbranched alkanes of at least 4 members (excludes halogenated alkanes) is 2. The minimum absolute atomic E-state index is 0.372. The summed E-state index contributed by atoms with van der Waals surface area (Å²) in [6, 6.07) is 4.65. The van der Waals surface area contributed by atoms with Crippen LogP contribution in [0.4, 0.5) is 0 Å². The van der Waals surface area contributed by atoms with Crippen molar-refractivity contribution in [3.8, 4) is 0 Å². The van der Waals surface area contributed by atoms with Gasteiger partial charge in [-0.1, -0.05) is 71.4 Å². The molecule has 1 aliphatic rings. The van der Waals surface area contributed by atoms with Crippen LogP contribution in [0.1, 0.15) is 93.8 Å². The van der Waals surface area contributed by atoms with Crippen LogP contribution in [0.15, 0.2) is 43.6 Å². The maximum Gasteiger partial charge on any atom is 0.124 e. The lowest BCUT2D eigenvalue weighted by molar-refractivity contribution is 0.0681. The van der Waals surface area contributed by atoms with Crippen LogP contribution in [0.25, 0.3) is 0 Å². The number of fused-ring (bicyclic) bond motifs is 1. The van der Waals surface area contributed by atoms with Gasteiger partial charge in [0.15, 0.2) is 0 Å². The number of hydrogen-bond acceptors (Lipinski definition) is 5. The standard InChI is InChI=1S/C23H37N5O.C5H12.C4H6/c1-6-26(4)14-9-15-29-17-28-18(2)21(25-19(28)3)16-27(5)22-12-7-10-20-11-8-13-24-23(20)22;1-3-5-4-2;1-3-4-2/h8,11,13,22H,6-7,9-10,12,14-17H2,1-5H3;3-5H2,1-2H3;3-4H,1-2H2/t22-;;/m0../s1. The zero-order valence-corrected chi connectivity index (χ0v) is 25.5. The van der Waals surface area contributed by atoms with E-state index in [-0.39, 0.29) is 0 Å². The van der Waals surface area contributed by atoms with E-state index >= 15 is 0 Å². The van der Waals surface area contributed by atoms with Crippen molar-refractivity contribution >= 4 is 0 Å². The van der Waals surface area contributed by atoms with Crippen molar-refractivity contribution in [2.24, 2.45) is 0 Å². The Morgan fingerprint density at radius 2 is 1.82 bits per heavy atom. The van der Waals surface area contributed by atoms with E-state index in [1.54, 1.807) is 12.2 Å². The third-order valence-electron chi connectivity index (χ3n) is 7.07. The summed E-state index contributed by atoms with van der Waals surface area (Å²) in [5.74, 6) is 1.03. The third-order valence-corrected chi connectivity index (χ3v) is 7.07. The summed E-state index contributed by atoms with van der Waals surface area (Å²) in [5.41, 5.74) is 4.99. The molecule has 0 unspecified atom stereocenters. The van der Waals surface area contributed by atoms with Gasteiger partial charge in [-0.05, 0) is 71.8 Å². The zero-order chi connectivity index (χ0) is 28.3. The molecule has 0 radical (unpaired) electrons. The minimum atomic E-state index is 0.372. The maximum absolute atomic E-state index is 5.93. The molecular weight excluding hydrogens is 470 g/mol. The molecule has 0 saturated carbocycles. The lowest BCUT2D eigenvalue weighted by Crippen LogP contribution is -2.28. The fourth-order valence-electron chi connectivity index (χ4n) is 4.54. The molecule has 38 heavy (non-hydrogen) atoms. The summed E-state index contributed by atoms with van der Waals surface area (Å²) in [4.78, 5) is 14.3. The molecule has 6 heteroatoms. The molecule has 214 valence electrons. The Bertz CT molecular complexity index is 915. The largest absolute Gasteiger partial charge is 0.361 e. The van der Waals surface area contributed by atoms with Crippen molar-refractivity contribution in [1.29, 1.82) is 0 Å². The topological polar surface area (TPSA) is 46.4 Å². The van der Waals surface area contributed by atoms with Crippen LogP contribution < -0.4 is 0 Å². The molecule has 2 heterocycles. The Morgan fingerprint density at radius 1 is 1.11 bits per heavy atom. The molecule has 0 aromatic carbocycles. The average Bonchev–Trinajstić information content (AvgIpc) is 3.20. The second-order valence-corrected chi connectivity index (χ2v) is 10.1. The number of allylic oxidation sites excluding steroid dienone is 2. The molecular formula is C32H55N5O. The molecule has 0 amide bonds. The summed E-state index contributed by atoms with van der Waals surface area (Å²) in [6.45, 7) is 21.9. The van der Waals surface area contributed by atoms with Gasteiger partial charge < -0.3 is 14.2 Å². The van der Waals surface area contributed by atoms with Crippen LogP contribution >= 0.6 is 0 Å². The van der Waals surface area contributed by atoms with Crippen molar-refractivity contribution in [3.63, 3.8) is 0 Å². The zero-order valence-electron chi connectivity index (χ0n) is 25.5. The fraction of sp³-hybridized carbons (Fsp3) is 0.625. The molecule has 0 spiro atoms. The highest BCUT2D eigenvalue weighted by Crippen LogP contribution is 2.32. The first-order valence-corrected chi connectivity index (χ1v) is 14.5. The summed E-state index contributed by atoms with van der Waals surface area (Å²) >= 11 is 0. The van der Waals surface area contributed by atoms with Gasteiger partial charge in [0.2, 0.25) is 0 Å².